The third-order valence-corrected chi connectivity index (χ3v) is 2.71. The quantitative estimate of drug-likeness (QED) is 0.697. The van der Waals surface area contributed by atoms with Crippen LogP contribution in [0.2, 0.25) is 5.02 Å². The molecule has 3 nitrogen and oxygen atoms in total. The van der Waals surface area contributed by atoms with Gasteiger partial charge < -0.3 is 4.74 Å². The van der Waals surface area contributed by atoms with E-state index in [0.29, 0.717) is 0 Å². The maximum Gasteiger partial charge on any atom is 0.416 e. The van der Waals surface area contributed by atoms with Crippen LogP contribution in [-0.4, -0.2) is 0 Å². The minimum Gasteiger partial charge on any atom is -0.456 e. The summed E-state index contributed by atoms with van der Waals surface area (Å²) in [6.45, 7) is 0. The molecule has 0 bridgehead atoms. The highest BCUT2D eigenvalue weighted by molar-refractivity contribution is 6.32. The topological polar surface area (TPSA) is 38.7 Å². The molecule has 0 fully saturated rings. The van der Waals surface area contributed by atoms with Crippen LogP contribution in [0.4, 0.5) is 18.9 Å². The van der Waals surface area contributed by atoms with Gasteiger partial charge in [0, 0.05) is 0 Å². The lowest BCUT2D eigenvalue weighted by Crippen LogP contribution is -2.04. The Bertz CT molecular complexity index is 644. The fourth-order valence-corrected chi connectivity index (χ4v) is 1.71. The fourth-order valence-electron chi connectivity index (χ4n) is 1.49. The molecule has 0 aromatic heterocycles. The van der Waals surface area contributed by atoms with Crippen LogP contribution in [0.1, 0.15) is 5.56 Å². The minimum atomic E-state index is -4.45. The zero-order chi connectivity index (χ0) is 14.8. The molecule has 2 aromatic rings. The van der Waals surface area contributed by atoms with E-state index in [2.05, 4.69) is 5.18 Å². The summed E-state index contributed by atoms with van der Waals surface area (Å²) >= 11 is 5.84. The van der Waals surface area contributed by atoms with Gasteiger partial charge in [0.15, 0.2) is 0 Å². The van der Waals surface area contributed by atoms with Crippen LogP contribution in [0.25, 0.3) is 0 Å². The first-order valence-corrected chi connectivity index (χ1v) is 5.76. The molecule has 0 saturated carbocycles. The lowest BCUT2D eigenvalue weighted by Gasteiger charge is -2.10. The van der Waals surface area contributed by atoms with Crippen LogP contribution in [0.15, 0.2) is 47.6 Å². The number of hydrogen-bond acceptors (Lipinski definition) is 3. The van der Waals surface area contributed by atoms with E-state index in [1.807, 2.05) is 0 Å². The Kier molecular flexibility index (Phi) is 3.94. The summed E-state index contributed by atoms with van der Waals surface area (Å²) in [6.07, 6.45) is -4.45. The van der Waals surface area contributed by atoms with Crippen LogP contribution in [0, 0.1) is 4.91 Å². The van der Waals surface area contributed by atoms with Crippen molar-refractivity contribution in [3.63, 3.8) is 0 Å². The smallest absolute Gasteiger partial charge is 0.416 e. The van der Waals surface area contributed by atoms with Gasteiger partial charge in [0.2, 0.25) is 0 Å². The van der Waals surface area contributed by atoms with E-state index in [9.17, 15) is 18.1 Å². The summed E-state index contributed by atoms with van der Waals surface area (Å²) in [6, 6.07) is 8.37. The Balaban J connectivity index is 2.28. The van der Waals surface area contributed by atoms with E-state index < -0.39 is 11.7 Å². The van der Waals surface area contributed by atoms with Gasteiger partial charge in [0.25, 0.3) is 0 Å². The van der Waals surface area contributed by atoms with Crippen molar-refractivity contribution in [1.29, 1.82) is 0 Å². The summed E-state index contributed by atoms with van der Waals surface area (Å²) in [5.74, 6) is 0.131. The molecular formula is C13H7ClF3NO2. The molecule has 0 unspecified atom stereocenters. The number of nitrogens with zero attached hydrogens (tertiary/aromatic N) is 1. The normalized spacial score (nSPS) is 11.2. The van der Waals surface area contributed by atoms with Crippen molar-refractivity contribution in [2.24, 2.45) is 5.18 Å². The first kappa shape index (κ1) is 14.3. The molecule has 0 N–H and O–H groups in total. The predicted molar refractivity (Wildman–Crippen MR) is 68.4 cm³/mol. The maximum absolute atomic E-state index is 12.6. The van der Waals surface area contributed by atoms with Crippen molar-refractivity contribution in [1.82, 2.24) is 0 Å². The van der Waals surface area contributed by atoms with Gasteiger partial charge in [-0.15, -0.1) is 4.91 Å². The summed E-state index contributed by atoms with van der Waals surface area (Å²) in [5, 5.41) is 2.77. The second kappa shape index (κ2) is 5.50. The molecule has 0 aliphatic heterocycles. The van der Waals surface area contributed by atoms with Gasteiger partial charge in [-0.1, -0.05) is 17.7 Å². The highest BCUT2D eigenvalue weighted by Crippen LogP contribution is 2.35. The highest BCUT2D eigenvalue weighted by atomic mass is 35.5. The molecule has 7 heteroatoms. The lowest BCUT2D eigenvalue weighted by molar-refractivity contribution is -0.137. The highest BCUT2D eigenvalue weighted by Gasteiger charge is 2.30. The first-order valence-electron chi connectivity index (χ1n) is 5.38. The molecule has 0 saturated heterocycles. The Morgan fingerprint density at radius 1 is 1.10 bits per heavy atom. The molecular weight excluding hydrogens is 295 g/mol. The summed E-state index contributed by atoms with van der Waals surface area (Å²) in [5.41, 5.74) is -0.719. The Labute approximate surface area is 116 Å². The molecule has 0 aliphatic carbocycles. The monoisotopic (exact) mass is 301 g/mol. The van der Waals surface area contributed by atoms with Crippen LogP contribution >= 0.6 is 11.6 Å². The number of halogens is 4. The van der Waals surface area contributed by atoms with Gasteiger partial charge in [-0.25, -0.2) is 0 Å². The molecule has 104 valence electrons. The average Bonchev–Trinajstić information content (AvgIpc) is 2.40. The van der Waals surface area contributed by atoms with Gasteiger partial charge in [-0.3, -0.25) is 0 Å². The fraction of sp³-hybridized carbons (Fsp3) is 0.0769. The lowest BCUT2D eigenvalue weighted by atomic mass is 10.2. The van der Waals surface area contributed by atoms with Crippen molar-refractivity contribution in [3.8, 4) is 11.5 Å². The maximum atomic E-state index is 12.6. The summed E-state index contributed by atoms with van der Waals surface area (Å²) in [4.78, 5) is 10.3. The minimum absolute atomic E-state index is 0.00598. The Morgan fingerprint density at radius 2 is 1.85 bits per heavy atom. The van der Waals surface area contributed by atoms with Gasteiger partial charge in [0.1, 0.15) is 17.2 Å². The van der Waals surface area contributed by atoms with Crippen LogP contribution in [-0.2, 0) is 6.18 Å². The number of nitroso groups, excluding NO2 is 1. The molecule has 20 heavy (non-hydrogen) atoms. The second-order valence-corrected chi connectivity index (χ2v) is 4.24. The van der Waals surface area contributed by atoms with Gasteiger partial charge in [-0.05, 0) is 41.6 Å². The van der Waals surface area contributed by atoms with E-state index in [-0.39, 0.29) is 22.2 Å². The van der Waals surface area contributed by atoms with E-state index in [1.54, 1.807) is 0 Å². The van der Waals surface area contributed by atoms with Crippen molar-refractivity contribution in [2.75, 3.05) is 0 Å². The number of benzene rings is 2. The van der Waals surface area contributed by atoms with Crippen molar-refractivity contribution in [2.45, 2.75) is 6.18 Å². The third kappa shape index (κ3) is 3.27. The van der Waals surface area contributed by atoms with E-state index in [4.69, 9.17) is 16.3 Å². The SMILES string of the molecule is O=Nc1ccc(Oc2cccc(C(F)(F)F)c2)c(Cl)c1. The zero-order valence-electron chi connectivity index (χ0n) is 9.82. The molecule has 0 aliphatic rings. The van der Waals surface area contributed by atoms with E-state index in [1.165, 1.54) is 30.3 Å². The summed E-state index contributed by atoms with van der Waals surface area (Å²) < 4.78 is 42.9. The molecule has 2 rings (SSSR count). The van der Waals surface area contributed by atoms with Crippen molar-refractivity contribution < 1.29 is 17.9 Å². The number of hydrogen-bond donors (Lipinski definition) is 0. The second-order valence-electron chi connectivity index (χ2n) is 3.83. The number of ether oxygens (including phenoxy) is 1. The first-order chi connectivity index (χ1) is 9.40. The van der Waals surface area contributed by atoms with Gasteiger partial charge in [0.05, 0.1) is 10.6 Å². The average molecular weight is 302 g/mol. The van der Waals surface area contributed by atoms with Crippen LogP contribution < -0.4 is 4.74 Å². The van der Waals surface area contributed by atoms with Crippen molar-refractivity contribution >= 4 is 17.3 Å². The van der Waals surface area contributed by atoms with E-state index >= 15 is 0 Å². The Hall–Kier alpha value is -2.08. The number of rotatable bonds is 3. The summed E-state index contributed by atoms with van der Waals surface area (Å²) in [7, 11) is 0. The molecule has 0 atom stereocenters. The standard InChI is InChI=1S/C13H7ClF3NO2/c14-11-7-9(18-19)4-5-12(11)20-10-3-1-2-8(6-10)13(15,16)17/h1-7H. The van der Waals surface area contributed by atoms with Crippen LogP contribution in [0.5, 0.6) is 11.5 Å². The zero-order valence-corrected chi connectivity index (χ0v) is 10.6. The molecule has 0 heterocycles. The largest absolute Gasteiger partial charge is 0.456 e. The molecule has 0 amide bonds. The predicted octanol–water partition coefficient (Wildman–Crippen LogP) is 5.55. The van der Waals surface area contributed by atoms with Gasteiger partial charge >= 0.3 is 6.18 Å². The van der Waals surface area contributed by atoms with Crippen LogP contribution in [0.3, 0.4) is 0 Å². The Morgan fingerprint density at radius 3 is 2.45 bits per heavy atom. The molecule has 2 aromatic carbocycles. The third-order valence-electron chi connectivity index (χ3n) is 2.41. The van der Waals surface area contributed by atoms with Crippen molar-refractivity contribution in [3.05, 3.63) is 58.0 Å². The molecule has 0 spiro atoms. The van der Waals surface area contributed by atoms with E-state index in [0.717, 1.165) is 12.1 Å². The van der Waals surface area contributed by atoms with Gasteiger partial charge in [-0.2, -0.15) is 13.2 Å². The number of alkyl halides is 3. The molecule has 0 radical (unpaired) electrons.